The van der Waals surface area contributed by atoms with Crippen LogP contribution in [-0.2, 0) is 6.54 Å². The minimum atomic E-state index is 0.0772. The number of aryl methyl sites for hydroxylation is 1. The van der Waals surface area contributed by atoms with Crippen LogP contribution in [0.15, 0.2) is 36.5 Å². The largest absolute Gasteiger partial charge is 0.454 e. The summed E-state index contributed by atoms with van der Waals surface area (Å²) in [4.78, 5) is 21.1. The monoisotopic (exact) mass is 339 g/mol. The average molecular weight is 339 g/mol. The van der Waals surface area contributed by atoms with E-state index in [1.807, 2.05) is 36.1 Å². The molecule has 0 radical (unpaired) electrons. The fourth-order valence-electron chi connectivity index (χ4n) is 3.29. The van der Waals surface area contributed by atoms with Gasteiger partial charge in [0.2, 0.25) is 6.79 Å². The predicted octanol–water partition coefficient (Wildman–Crippen LogP) is 2.08. The molecule has 25 heavy (non-hydrogen) atoms. The number of aromatic nitrogens is 1. The zero-order chi connectivity index (χ0) is 17.2. The van der Waals surface area contributed by atoms with Gasteiger partial charge in [0.05, 0.1) is 5.56 Å². The van der Waals surface area contributed by atoms with Gasteiger partial charge in [0.1, 0.15) is 0 Å². The molecule has 0 N–H and O–H groups in total. The Kier molecular flexibility index (Phi) is 4.28. The molecule has 0 aliphatic carbocycles. The molecule has 1 aromatic heterocycles. The zero-order valence-corrected chi connectivity index (χ0v) is 14.3. The van der Waals surface area contributed by atoms with Crippen molar-refractivity contribution in [3.8, 4) is 11.5 Å². The number of rotatable bonds is 3. The van der Waals surface area contributed by atoms with E-state index in [0.717, 1.165) is 49.9 Å². The van der Waals surface area contributed by atoms with E-state index in [-0.39, 0.29) is 5.91 Å². The van der Waals surface area contributed by atoms with Gasteiger partial charge >= 0.3 is 0 Å². The van der Waals surface area contributed by atoms with Gasteiger partial charge in [0.15, 0.2) is 11.5 Å². The van der Waals surface area contributed by atoms with Gasteiger partial charge in [0.25, 0.3) is 5.91 Å². The second-order valence-electron chi connectivity index (χ2n) is 6.39. The summed E-state index contributed by atoms with van der Waals surface area (Å²) < 4.78 is 10.8. The molecule has 0 bridgehead atoms. The number of carbonyl (C=O) groups is 1. The highest BCUT2D eigenvalue weighted by Crippen LogP contribution is 2.32. The van der Waals surface area contributed by atoms with Crippen molar-refractivity contribution >= 4 is 5.91 Å². The van der Waals surface area contributed by atoms with Crippen molar-refractivity contribution in [1.29, 1.82) is 0 Å². The summed E-state index contributed by atoms with van der Waals surface area (Å²) in [5, 5.41) is 0. The van der Waals surface area contributed by atoms with Gasteiger partial charge in [-0.1, -0.05) is 6.07 Å². The van der Waals surface area contributed by atoms with Crippen LogP contribution >= 0.6 is 0 Å². The summed E-state index contributed by atoms with van der Waals surface area (Å²) in [6, 6.07) is 9.74. The van der Waals surface area contributed by atoms with E-state index in [0.29, 0.717) is 12.4 Å². The number of hydrogen-bond donors (Lipinski definition) is 0. The average Bonchev–Trinajstić information content (AvgIpc) is 3.10. The van der Waals surface area contributed by atoms with Crippen LogP contribution < -0.4 is 9.47 Å². The van der Waals surface area contributed by atoms with Crippen molar-refractivity contribution in [3.05, 3.63) is 53.3 Å². The zero-order valence-electron chi connectivity index (χ0n) is 14.3. The third-order valence-electron chi connectivity index (χ3n) is 4.74. The van der Waals surface area contributed by atoms with Crippen LogP contribution in [0.4, 0.5) is 0 Å². The smallest absolute Gasteiger partial charge is 0.255 e. The molecule has 0 atom stereocenters. The number of hydrogen-bond acceptors (Lipinski definition) is 5. The van der Waals surface area contributed by atoms with Crippen molar-refractivity contribution in [1.82, 2.24) is 14.8 Å². The number of nitrogens with zero attached hydrogens (tertiary/aromatic N) is 3. The molecule has 3 heterocycles. The number of piperazine rings is 1. The van der Waals surface area contributed by atoms with Crippen molar-refractivity contribution < 1.29 is 14.3 Å². The molecule has 0 saturated carbocycles. The summed E-state index contributed by atoms with van der Waals surface area (Å²) in [7, 11) is 0. The highest BCUT2D eigenvalue weighted by molar-refractivity contribution is 5.95. The standard InChI is InChI=1S/C19H21N3O3/c1-14-16(3-2-6-20-14)19(23)22-9-7-21(8-10-22)12-15-4-5-17-18(11-15)25-13-24-17/h2-6,11H,7-10,12-13H2,1H3. The summed E-state index contributed by atoms with van der Waals surface area (Å²) in [5.74, 6) is 1.71. The second-order valence-corrected chi connectivity index (χ2v) is 6.39. The van der Waals surface area contributed by atoms with E-state index in [1.54, 1.807) is 6.20 Å². The first-order valence-corrected chi connectivity index (χ1v) is 8.52. The fourth-order valence-corrected chi connectivity index (χ4v) is 3.29. The molecule has 1 amide bonds. The highest BCUT2D eigenvalue weighted by Gasteiger charge is 2.23. The number of pyridine rings is 1. The lowest BCUT2D eigenvalue weighted by atomic mass is 10.1. The van der Waals surface area contributed by atoms with Crippen molar-refractivity contribution in [2.45, 2.75) is 13.5 Å². The van der Waals surface area contributed by atoms with Crippen LogP contribution in [0.25, 0.3) is 0 Å². The summed E-state index contributed by atoms with van der Waals surface area (Å²) in [6.45, 7) is 6.22. The van der Waals surface area contributed by atoms with Gasteiger partial charge in [-0.2, -0.15) is 0 Å². The molecule has 2 aliphatic heterocycles. The first-order chi connectivity index (χ1) is 12.2. The molecule has 1 saturated heterocycles. The Morgan fingerprint density at radius 3 is 2.72 bits per heavy atom. The van der Waals surface area contributed by atoms with Crippen molar-refractivity contribution in [2.75, 3.05) is 33.0 Å². The molecule has 2 aliphatic rings. The van der Waals surface area contributed by atoms with E-state index in [4.69, 9.17) is 9.47 Å². The van der Waals surface area contributed by atoms with Crippen LogP contribution in [-0.4, -0.2) is 53.7 Å². The molecular formula is C19H21N3O3. The van der Waals surface area contributed by atoms with Gasteiger partial charge in [-0.15, -0.1) is 0 Å². The molecule has 4 rings (SSSR count). The van der Waals surface area contributed by atoms with E-state index in [9.17, 15) is 4.79 Å². The van der Waals surface area contributed by atoms with Crippen LogP contribution in [0.3, 0.4) is 0 Å². The number of benzene rings is 1. The lowest BCUT2D eigenvalue weighted by Gasteiger charge is -2.35. The van der Waals surface area contributed by atoms with E-state index in [1.165, 1.54) is 5.56 Å². The first-order valence-electron chi connectivity index (χ1n) is 8.52. The minimum absolute atomic E-state index is 0.0772. The quantitative estimate of drug-likeness (QED) is 0.857. The summed E-state index contributed by atoms with van der Waals surface area (Å²) in [6.07, 6.45) is 1.72. The number of ether oxygens (including phenoxy) is 2. The Labute approximate surface area is 147 Å². The van der Waals surface area contributed by atoms with Gasteiger partial charge in [-0.05, 0) is 36.8 Å². The van der Waals surface area contributed by atoms with Crippen LogP contribution in [0, 0.1) is 6.92 Å². The van der Waals surface area contributed by atoms with Gasteiger partial charge < -0.3 is 14.4 Å². The fraction of sp³-hybridized carbons (Fsp3) is 0.368. The SMILES string of the molecule is Cc1ncccc1C(=O)N1CCN(Cc2ccc3c(c2)OCO3)CC1. The molecule has 1 fully saturated rings. The van der Waals surface area contributed by atoms with Crippen molar-refractivity contribution in [3.63, 3.8) is 0 Å². The Morgan fingerprint density at radius 2 is 1.92 bits per heavy atom. The first kappa shape index (κ1) is 15.9. The Morgan fingerprint density at radius 1 is 1.12 bits per heavy atom. The molecule has 1 aromatic carbocycles. The molecule has 6 heteroatoms. The summed E-state index contributed by atoms with van der Waals surface area (Å²) >= 11 is 0. The molecular weight excluding hydrogens is 318 g/mol. The normalized spacial score (nSPS) is 16.9. The molecule has 0 spiro atoms. The Bertz CT molecular complexity index is 785. The maximum atomic E-state index is 12.7. The Hall–Kier alpha value is -2.60. The van der Waals surface area contributed by atoms with Gasteiger partial charge in [-0.3, -0.25) is 14.7 Å². The minimum Gasteiger partial charge on any atom is -0.454 e. The van der Waals surface area contributed by atoms with Gasteiger partial charge in [0, 0.05) is 44.6 Å². The van der Waals surface area contributed by atoms with Crippen LogP contribution in [0.5, 0.6) is 11.5 Å². The molecule has 2 aromatic rings. The van der Waals surface area contributed by atoms with E-state index in [2.05, 4.69) is 16.0 Å². The van der Waals surface area contributed by atoms with Crippen LogP contribution in [0.1, 0.15) is 21.6 Å². The topological polar surface area (TPSA) is 54.9 Å². The number of carbonyl (C=O) groups excluding carboxylic acids is 1. The highest BCUT2D eigenvalue weighted by atomic mass is 16.7. The Balaban J connectivity index is 1.35. The van der Waals surface area contributed by atoms with E-state index < -0.39 is 0 Å². The molecule has 0 unspecified atom stereocenters. The molecule has 6 nitrogen and oxygen atoms in total. The molecule has 130 valence electrons. The van der Waals surface area contributed by atoms with Crippen molar-refractivity contribution in [2.24, 2.45) is 0 Å². The van der Waals surface area contributed by atoms with Gasteiger partial charge in [-0.25, -0.2) is 0 Å². The van der Waals surface area contributed by atoms with Crippen LogP contribution in [0.2, 0.25) is 0 Å². The number of fused-ring (bicyclic) bond motifs is 1. The third kappa shape index (κ3) is 3.30. The maximum absolute atomic E-state index is 12.7. The lowest BCUT2D eigenvalue weighted by Crippen LogP contribution is -2.48. The predicted molar refractivity (Wildman–Crippen MR) is 92.7 cm³/mol. The lowest BCUT2D eigenvalue weighted by molar-refractivity contribution is 0.0627. The third-order valence-corrected chi connectivity index (χ3v) is 4.74. The maximum Gasteiger partial charge on any atom is 0.255 e. The summed E-state index contributed by atoms with van der Waals surface area (Å²) in [5.41, 5.74) is 2.69. The number of amides is 1. The second kappa shape index (κ2) is 6.72. The van der Waals surface area contributed by atoms with E-state index >= 15 is 0 Å².